The third-order valence-corrected chi connectivity index (χ3v) is 2.96. The van der Waals surface area contributed by atoms with Crippen molar-refractivity contribution >= 4 is 21.7 Å². The molecule has 0 radical (unpaired) electrons. The monoisotopic (exact) mass is 340 g/mol. The first-order valence-electron chi connectivity index (χ1n) is 5.85. The number of hydrogen-bond acceptors (Lipinski definition) is 2. The van der Waals surface area contributed by atoms with Crippen LogP contribution in [0.25, 0.3) is 0 Å². The van der Waals surface area contributed by atoms with Crippen LogP contribution in [0, 0.1) is 0 Å². The number of ketones is 1. The van der Waals surface area contributed by atoms with E-state index >= 15 is 0 Å². The molecule has 5 heteroatoms. The molecule has 0 unspecified atom stereocenters. The van der Waals surface area contributed by atoms with Crippen molar-refractivity contribution in [1.82, 2.24) is 0 Å². The molecule has 0 atom stereocenters. The summed E-state index contributed by atoms with van der Waals surface area (Å²) in [6.07, 6.45) is 0. The maximum absolute atomic E-state index is 12.9. The first-order chi connectivity index (χ1) is 9.47. The Balaban J connectivity index is 2.09. The average Bonchev–Trinajstić information content (AvgIpc) is 2.45. The highest BCUT2D eigenvalue weighted by molar-refractivity contribution is 9.10. The van der Waals surface area contributed by atoms with E-state index in [1.807, 2.05) is 30.3 Å². The highest BCUT2D eigenvalue weighted by Gasteiger charge is 2.35. The minimum Gasteiger partial charge on any atom is -0.489 e. The summed E-state index contributed by atoms with van der Waals surface area (Å²) in [5.74, 6) is -0.917. The lowest BCUT2D eigenvalue weighted by Gasteiger charge is -2.10. The normalized spacial score (nSPS) is 11.2. The molecule has 0 aliphatic heterocycles. The molecule has 0 aliphatic carbocycles. The third-order valence-electron chi connectivity index (χ3n) is 2.60. The van der Waals surface area contributed by atoms with Gasteiger partial charge in [-0.3, -0.25) is 4.79 Å². The summed E-state index contributed by atoms with van der Waals surface area (Å²) >= 11 is 2.06. The molecule has 0 saturated carbocycles. The Hall–Kier alpha value is -1.75. The van der Waals surface area contributed by atoms with Gasteiger partial charge in [-0.25, -0.2) is 0 Å². The first kappa shape index (κ1) is 14.7. The molecule has 2 nitrogen and oxygen atoms in total. The Bertz CT molecular complexity index is 594. The van der Waals surface area contributed by atoms with Crippen LogP contribution in [0.4, 0.5) is 8.78 Å². The molecule has 0 saturated heterocycles. The van der Waals surface area contributed by atoms with Crippen molar-refractivity contribution in [2.75, 3.05) is 0 Å². The lowest BCUT2D eigenvalue weighted by atomic mass is 10.1. The summed E-state index contributed by atoms with van der Waals surface area (Å²) in [6.45, 7) is 0.309. The summed E-state index contributed by atoms with van der Waals surface area (Å²) in [4.78, 5) is 7.88. The maximum atomic E-state index is 12.9. The van der Waals surface area contributed by atoms with E-state index in [1.165, 1.54) is 18.2 Å². The third kappa shape index (κ3) is 3.87. The smallest absolute Gasteiger partial charge is 0.363 e. The van der Waals surface area contributed by atoms with Gasteiger partial charge in [-0.15, -0.1) is 0 Å². The molecule has 104 valence electrons. The van der Waals surface area contributed by atoms with Crippen LogP contribution in [0.15, 0.2) is 54.6 Å². The topological polar surface area (TPSA) is 26.3 Å². The Kier molecular flexibility index (Phi) is 4.49. The molecule has 0 bridgehead atoms. The van der Waals surface area contributed by atoms with Gasteiger partial charge in [0.15, 0.2) is 0 Å². The number of rotatable bonds is 5. The molecule has 0 heterocycles. The summed E-state index contributed by atoms with van der Waals surface area (Å²) < 4.78 is 31.3. The number of ether oxygens (including phenoxy) is 1. The minimum absolute atomic E-state index is 0.0996. The van der Waals surface area contributed by atoms with Gasteiger partial charge >= 0.3 is 4.83 Å². The molecule has 0 spiro atoms. The second-order valence-corrected chi connectivity index (χ2v) is 5.12. The number of hydrogen-bond donors (Lipinski definition) is 0. The molecule has 0 amide bonds. The standard InChI is InChI=1S/C15H11BrF2O2/c16-15(17,18)14(19)12-7-4-8-13(9-12)20-10-11-5-2-1-3-6-11/h1-9H,10H2. The summed E-state index contributed by atoms with van der Waals surface area (Å²) in [6, 6.07) is 15.2. The summed E-state index contributed by atoms with van der Waals surface area (Å²) in [5, 5.41) is 0. The molecule has 2 aromatic rings. The fraction of sp³-hybridized carbons (Fsp3) is 0.133. The van der Waals surface area contributed by atoms with Crippen molar-refractivity contribution in [3.63, 3.8) is 0 Å². The van der Waals surface area contributed by atoms with Gasteiger partial charge in [0, 0.05) is 5.56 Å². The Labute approximate surface area is 123 Å². The average molecular weight is 341 g/mol. The van der Waals surface area contributed by atoms with Crippen LogP contribution in [0.3, 0.4) is 0 Å². The Morgan fingerprint density at radius 2 is 1.80 bits per heavy atom. The molecule has 0 aliphatic rings. The van der Waals surface area contributed by atoms with Gasteiger partial charge in [0.25, 0.3) is 0 Å². The van der Waals surface area contributed by atoms with Gasteiger partial charge in [-0.1, -0.05) is 42.5 Å². The van der Waals surface area contributed by atoms with Gasteiger partial charge < -0.3 is 4.74 Å². The highest BCUT2D eigenvalue weighted by atomic mass is 79.9. The van der Waals surface area contributed by atoms with Crippen molar-refractivity contribution in [3.05, 3.63) is 65.7 Å². The van der Waals surface area contributed by atoms with E-state index in [9.17, 15) is 13.6 Å². The zero-order valence-electron chi connectivity index (χ0n) is 10.4. The number of carbonyl (C=O) groups excluding carboxylic acids is 1. The molecule has 0 fully saturated rings. The van der Waals surface area contributed by atoms with E-state index in [1.54, 1.807) is 6.07 Å². The SMILES string of the molecule is O=C(c1cccc(OCc2ccccc2)c1)C(F)(F)Br. The van der Waals surface area contributed by atoms with E-state index in [0.717, 1.165) is 5.56 Å². The summed E-state index contributed by atoms with van der Waals surface area (Å²) in [7, 11) is 0. The fourth-order valence-electron chi connectivity index (χ4n) is 1.63. The maximum Gasteiger partial charge on any atom is 0.363 e. The van der Waals surface area contributed by atoms with Gasteiger partial charge in [0.1, 0.15) is 12.4 Å². The fourth-order valence-corrected chi connectivity index (χ4v) is 1.86. The van der Waals surface area contributed by atoms with Gasteiger partial charge in [0.05, 0.1) is 0 Å². The van der Waals surface area contributed by atoms with Gasteiger partial charge in [-0.05, 0) is 33.6 Å². The second-order valence-electron chi connectivity index (χ2n) is 4.13. The largest absolute Gasteiger partial charge is 0.489 e. The van der Waals surface area contributed by atoms with E-state index in [-0.39, 0.29) is 5.56 Å². The van der Waals surface area contributed by atoms with Crippen LogP contribution in [0.2, 0.25) is 0 Å². The second kappa shape index (κ2) is 6.13. The Morgan fingerprint density at radius 3 is 2.45 bits per heavy atom. The number of benzene rings is 2. The molecular formula is C15H11BrF2O2. The predicted octanol–water partition coefficient (Wildman–Crippen LogP) is 4.44. The zero-order valence-corrected chi connectivity index (χ0v) is 11.9. The van der Waals surface area contributed by atoms with E-state index in [2.05, 4.69) is 15.9 Å². The van der Waals surface area contributed by atoms with Crippen molar-refractivity contribution in [2.45, 2.75) is 11.4 Å². The van der Waals surface area contributed by atoms with Crippen molar-refractivity contribution < 1.29 is 18.3 Å². The van der Waals surface area contributed by atoms with E-state index < -0.39 is 10.6 Å². The van der Waals surface area contributed by atoms with Crippen molar-refractivity contribution in [2.24, 2.45) is 0 Å². The minimum atomic E-state index is -3.56. The zero-order chi connectivity index (χ0) is 14.6. The molecule has 0 aromatic heterocycles. The van der Waals surface area contributed by atoms with Crippen LogP contribution in [-0.4, -0.2) is 10.6 Å². The molecule has 20 heavy (non-hydrogen) atoms. The van der Waals surface area contributed by atoms with Crippen molar-refractivity contribution in [1.29, 1.82) is 0 Å². The number of halogens is 3. The Morgan fingerprint density at radius 1 is 1.10 bits per heavy atom. The lowest BCUT2D eigenvalue weighted by Crippen LogP contribution is -2.20. The molecular weight excluding hydrogens is 330 g/mol. The van der Waals surface area contributed by atoms with Crippen LogP contribution in [0.5, 0.6) is 5.75 Å². The number of Topliss-reactive ketones (excluding diaryl/α,β-unsaturated/α-hetero) is 1. The number of alkyl halides is 3. The van der Waals surface area contributed by atoms with Gasteiger partial charge in [0.2, 0.25) is 5.78 Å². The first-order valence-corrected chi connectivity index (χ1v) is 6.64. The van der Waals surface area contributed by atoms with Crippen molar-refractivity contribution in [3.8, 4) is 5.75 Å². The summed E-state index contributed by atoms with van der Waals surface area (Å²) in [5.41, 5.74) is 0.854. The highest BCUT2D eigenvalue weighted by Crippen LogP contribution is 2.28. The quantitative estimate of drug-likeness (QED) is 0.594. The van der Waals surface area contributed by atoms with Crippen LogP contribution in [0.1, 0.15) is 15.9 Å². The molecule has 0 N–H and O–H groups in total. The molecule has 2 rings (SSSR count). The molecule has 2 aromatic carbocycles. The van der Waals surface area contributed by atoms with Crippen LogP contribution >= 0.6 is 15.9 Å². The van der Waals surface area contributed by atoms with Crippen LogP contribution in [-0.2, 0) is 6.61 Å². The van der Waals surface area contributed by atoms with Gasteiger partial charge in [-0.2, -0.15) is 8.78 Å². The predicted molar refractivity (Wildman–Crippen MR) is 75.4 cm³/mol. The number of carbonyl (C=O) groups is 1. The van der Waals surface area contributed by atoms with Crippen LogP contribution < -0.4 is 4.74 Å². The lowest BCUT2D eigenvalue weighted by molar-refractivity contribution is 0.0592. The van der Waals surface area contributed by atoms with E-state index in [0.29, 0.717) is 12.4 Å². The van der Waals surface area contributed by atoms with E-state index in [4.69, 9.17) is 4.74 Å².